The van der Waals surface area contributed by atoms with Crippen molar-refractivity contribution >= 4 is 23.2 Å². The van der Waals surface area contributed by atoms with Gasteiger partial charge in [-0.3, -0.25) is 14.9 Å². The van der Waals surface area contributed by atoms with E-state index in [1.807, 2.05) is 0 Å². The summed E-state index contributed by atoms with van der Waals surface area (Å²) < 4.78 is 0. The van der Waals surface area contributed by atoms with E-state index in [1.165, 1.54) is 0 Å². The maximum absolute atomic E-state index is 10.8. The van der Waals surface area contributed by atoms with Gasteiger partial charge in [0.05, 0.1) is 0 Å². The molecule has 2 heterocycles. The summed E-state index contributed by atoms with van der Waals surface area (Å²) in [5.74, 6) is -0.781. The van der Waals surface area contributed by atoms with E-state index in [0.29, 0.717) is 4.88 Å². The molecule has 0 fully saturated rings. The van der Waals surface area contributed by atoms with Crippen molar-refractivity contribution in [3.63, 3.8) is 0 Å². The number of carbonyl (C=O) groups excluding carboxylic acids is 2. The molecule has 1 aliphatic heterocycles. The Kier molecular flexibility index (Phi) is 0.906. The Labute approximate surface area is 59.9 Å². The first-order chi connectivity index (χ1) is 4.79. The predicted octanol–water partition coefficient (Wildman–Crippen LogP) is -0.173. The van der Waals surface area contributed by atoms with Crippen LogP contribution in [0.3, 0.4) is 0 Å². The number of carbonyl (C=O) groups is 2. The number of nitrogens with zero attached hydrogens (tertiary/aromatic N) is 1. The number of hydrogen-bond acceptors (Lipinski definition) is 4. The molecule has 0 bridgehead atoms. The van der Waals surface area contributed by atoms with Crippen LogP contribution in [0, 0.1) is 5.51 Å². The number of nitrogens with one attached hydrogen (secondary N) is 1. The molecule has 1 N–H and O–H groups in total. The molecule has 5 heteroatoms. The molecular weight excluding hydrogens is 152 g/mol. The lowest BCUT2D eigenvalue weighted by molar-refractivity contribution is 0.0879. The highest BCUT2D eigenvalue weighted by Gasteiger charge is 2.29. The predicted molar refractivity (Wildman–Crippen MR) is 32.7 cm³/mol. The number of hydrogen-bond donors (Lipinski definition) is 1. The monoisotopic (exact) mass is 153 g/mol. The van der Waals surface area contributed by atoms with Gasteiger partial charge in [-0.25, -0.2) is 4.98 Å². The van der Waals surface area contributed by atoms with E-state index in [9.17, 15) is 9.59 Å². The van der Waals surface area contributed by atoms with E-state index in [1.54, 1.807) is 0 Å². The summed E-state index contributed by atoms with van der Waals surface area (Å²) in [5.41, 5.74) is 2.67. The lowest BCUT2D eigenvalue weighted by atomic mass is 10.4. The highest BCUT2D eigenvalue weighted by Crippen LogP contribution is 2.16. The Hall–Kier alpha value is -1.23. The number of imide groups is 1. The molecule has 0 atom stereocenters. The highest BCUT2D eigenvalue weighted by molar-refractivity contribution is 7.12. The quantitative estimate of drug-likeness (QED) is 0.526. The second kappa shape index (κ2) is 1.63. The topological polar surface area (TPSA) is 59.1 Å². The smallest absolute Gasteiger partial charge is 0.278 e. The molecule has 0 spiro atoms. The molecule has 4 nitrogen and oxygen atoms in total. The summed E-state index contributed by atoms with van der Waals surface area (Å²) in [6.45, 7) is 0. The van der Waals surface area contributed by atoms with Crippen LogP contribution in [0.4, 0.5) is 0 Å². The lowest BCUT2D eigenvalue weighted by Gasteiger charge is -1.82. The third-order valence-electron chi connectivity index (χ3n) is 1.17. The van der Waals surface area contributed by atoms with Gasteiger partial charge < -0.3 is 0 Å². The number of aromatic nitrogens is 1. The average molecular weight is 153 g/mol. The van der Waals surface area contributed by atoms with Crippen molar-refractivity contribution in [1.82, 2.24) is 10.3 Å². The van der Waals surface area contributed by atoms with Gasteiger partial charge in [0.25, 0.3) is 11.8 Å². The van der Waals surface area contributed by atoms with Crippen molar-refractivity contribution in [3.8, 4) is 0 Å². The molecule has 49 valence electrons. The van der Waals surface area contributed by atoms with E-state index < -0.39 is 5.91 Å². The third kappa shape index (κ3) is 0.522. The standard InChI is InChI=1S/C5HN2O2S/c8-4-2-3(5(9)7-4)10-1-6-2/h(H,7,8,9). The van der Waals surface area contributed by atoms with Gasteiger partial charge in [-0.1, -0.05) is 0 Å². The zero-order valence-electron chi connectivity index (χ0n) is 4.67. The summed E-state index contributed by atoms with van der Waals surface area (Å²) in [5, 5.41) is 2.11. The number of thiazole rings is 1. The fourth-order valence-corrected chi connectivity index (χ4v) is 1.35. The van der Waals surface area contributed by atoms with Crippen LogP contribution in [0.1, 0.15) is 20.2 Å². The van der Waals surface area contributed by atoms with E-state index in [4.69, 9.17) is 0 Å². The van der Waals surface area contributed by atoms with Gasteiger partial charge in [-0.15, -0.1) is 11.3 Å². The molecule has 1 radical (unpaired) electrons. The van der Waals surface area contributed by atoms with Gasteiger partial charge >= 0.3 is 0 Å². The van der Waals surface area contributed by atoms with Crippen LogP contribution in [0.25, 0.3) is 0 Å². The van der Waals surface area contributed by atoms with Gasteiger partial charge in [0.15, 0.2) is 11.2 Å². The largest absolute Gasteiger partial charge is 0.286 e. The number of amides is 2. The maximum atomic E-state index is 10.8. The third-order valence-corrected chi connectivity index (χ3v) is 1.93. The van der Waals surface area contributed by atoms with Crippen LogP contribution in [0.5, 0.6) is 0 Å². The fourth-order valence-electron chi connectivity index (χ4n) is 0.740. The lowest BCUT2D eigenvalue weighted by Crippen LogP contribution is -2.20. The van der Waals surface area contributed by atoms with Crippen LogP contribution < -0.4 is 5.32 Å². The van der Waals surface area contributed by atoms with Crippen LogP contribution in [0.2, 0.25) is 0 Å². The van der Waals surface area contributed by atoms with Crippen LogP contribution in [0.15, 0.2) is 0 Å². The second-order valence-electron chi connectivity index (χ2n) is 1.77. The Balaban J connectivity index is 2.69. The zero-order valence-corrected chi connectivity index (χ0v) is 5.49. The first kappa shape index (κ1) is 5.55. The van der Waals surface area contributed by atoms with Gasteiger partial charge in [0.2, 0.25) is 0 Å². The van der Waals surface area contributed by atoms with Gasteiger partial charge in [0, 0.05) is 0 Å². The normalized spacial score (nSPS) is 15.2. The Morgan fingerprint density at radius 2 is 2.20 bits per heavy atom. The summed E-state index contributed by atoms with van der Waals surface area (Å²) in [6, 6.07) is 0. The molecule has 0 saturated heterocycles. The van der Waals surface area contributed by atoms with Crippen molar-refractivity contribution in [2.24, 2.45) is 0 Å². The van der Waals surface area contributed by atoms with Crippen molar-refractivity contribution in [2.45, 2.75) is 0 Å². The molecule has 0 unspecified atom stereocenters. The van der Waals surface area contributed by atoms with Crippen LogP contribution in [-0.2, 0) is 0 Å². The highest BCUT2D eigenvalue weighted by atomic mass is 32.1. The van der Waals surface area contributed by atoms with E-state index in [2.05, 4.69) is 15.8 Å². The minimum atomic E-state index is -0.419. The van der Waals surface area contributed by atoms with Crippen molar-refractivity contribution in [1.29, 1.82) is 0 Å². The molecule has 2 rings (SSSR count). The van der Waals surface area contributed by atoms with E-state index in [-0.39, 0.29) is 11.6 Å². The summed E-state index contributed by atoms with van der Waals surface area (Å²) in [7, 11) is 0. The molecule has 10 heavy (non-hydrogen) atoms. The zero-order chi connectivity index (χ0) is 7.14. The number of fused-ring (bicyclic) bond motifs is 1. The molecule has 0 saturated carbocycles. The summed E-state index contributed by atoms with van der Waals surface area (Å²) in [4.78, 5) is 25.4. The molecule has 0 aliphatic carbocycles. The molecular formula is C5HN2O2S. The molecule has 2 amide bonds. The Bertz CT molecular complexity index is 289. The minimum absolute atomic E-state index is 0.204. The van der Waals surface area contributed by atoms with Gasteiger partial charge in [-0.05, 0) is 0 Å². The van der Waals surface area contributed by atoms with E-state index in [0.717, 1.165) is 11.3 Å². The average Bonchev–Trinajstić information content (AvgIpc) is 2.39. The molecule has 1 aliphatic rings. The molecule has 1 aromatic rings. The van der Waals surface area contributed by atoms with E-state index >= 15 is 0 Å². The van der Waals surface area contributed by atoms with Crippen LogP contribution in [-0.4, -0.2) is 16.8 Å². The van der Waals surface area contributed by atoms with Gasteiger partial charge in [-0.2, -0.15) is 0 Å². The first-order valence-corrected chi connectivity index (χ1v) is 3.33. The summed E-state index contributed by atoms with van der Waals surface area (Å²) >= 11 is 1.05. The van der Waals surface area contributed by atoms with Gasteiger partial charge in [0.1, 0.15) is 4.88 Å². The van der Waals surface area contributed by atoms with Crippen LogP contribution >= 0.6 is 11.3 Å². The van der Waals surface area contributed by atoms with Crippen molar-refractivity contribution in [3.05, 3.63) is 16.1 Å². The molecule has 1 aromatic heterocycles. The summed E-state index contributed by atoms with van der Waals surface area (Å²) in [6.07, 6.45) is 0. The van der Waals surface area contributed by atoms with Crippen molar-refractivity contribution < 1.29 is 9.59 Å². The second-order valence-corrected chi connectivity index (χ2v) is 2.56. The first-order valence-electron chi connectivity index (χ1n) is 2.51. The Morgan fingerprint density at radius 1 is 1.40 bits per heavy atom. The fraction of sp³-hybridized carbons (Fsp3) is 0. The number of rotatable bonds is 0. The van der Waals surface area contributed by atoms with Crippen molar-refractivity contribution in [2.75, 3.05) is 0 Å². The SMILES string of the molecule is O=C1NC(=O)c2s[c]nc21. The maximum Gasteiger partial charge on any atom is 0.278 e. The minimum Gasteiger partial charge on any atom is -0.286 e. The Morgan fingerprint density at radius 3 is 2.90 bits per heavy atom. The molecule has 0 aromatic carbocycles.